The standard InChI is InChI=1S/C13H27NO2/c1-10(2)11(3)12(6-8-15)13(14-4)7-9-16-5/h12-15H,6-9H2,1-5H3. The Bertz CT molecular complexity index is 210. The van der Waals surface area contributed by atoms with Crippen LogP contribution in [0.1, 0.15) is 33.6 Å². The van der Waals surface area contributed by atoms with E-state index in [1.807, 2.05) is 7.05 Å². The lowest BCUT2D eigenvalue weighted by molar-refractivity contribution is 0.168. The molecule has 0 aliphatic heterocycles. The van der Waals surface area contributed by atoms with E-state index in [0.717, 1.165) is 19.4 Å². The molecule has 2 unspecified atom stereocenters. The predicted octanol–water partition coefficient (Wildman–Crippen LogP) is 1.97. The maximum absolute atomic E-state index is 9.16. The fraction of sp³-hybridized carbons (Fsp3) is 0.846. The number of nitrogens with one attached hydrogen (secondary N) is 1. The van der Waals surface area contributed by atoms with Crippen molar-refractivity contribution in [3.63, 3.8) is 0 Å². The van der Waals surface area contributed by atoms with Crippen LogP contribution in [0.4, 0.5) is 0 Å². The first-order valence-corrected chi connectivity index (χ1v) is 5.99. The van der Waals surface area contributed by atoms with Crippen molar-refractivity contribution in [3.8, 4) is 0 Å². The molecule has 0 heterocycles. The van der Waals surface area contributed by atoms with Gasteiger partial charge in [-0.05, 0) is 46.6 Å². The van der Waals surface area contributed by atoms with Gasteiger partial charge in [-0.1, -0.05) is 11.1 Å². The molecule has 3 nitrogen and oxygen atoms in total. The molecule has 0 spiro atoms. The van der Waals surface area contributed by atoms with Gasteiger partial charge in [0.25, 0.3) is 0 Å². The highest BCUT2D eigenvalue weighted by Gasteiger charge is 2.21. The molecule has 0 aliphatic carbocycles. The van der Waals surface area contributed by atoms with Crippen molar-refractivity contribution >= 4 is 0 Å². The molecule has 0 saturated heterocycles. The Morgan fingerprint density at radius 2 is 1.88 bits per heavy atom. The number of hydrogen-bond donors (Lipinski definition) is 2. The number of aliphatic hydroxyl groups excluding tert-OH is 1. The third-order valence-electron chi connectivity index (χ3n) is 3.27. The van der Waals surface area contributed by atoms with E-state index >= 15 is 0 Å². The lowest BCUT2D eigenvalue weighted by Gasteiger charge is -2.28. The first-order valence-electron chi connectivity index (χ1n) is 5.99. The van der Waals surface area contributed by atoms with Crippen molar-refractivity contribution < 1.29 is 9.84 Å². The van der Waals surface area contributed by atoms with Crippen LogP contribution in [0.25, 0.3) is 0 Å². The first kappa shape index (κ1) is 15.6. The van der Waals surface area contributed by atoms with Crippen molar-refractivity contribution in [1.29, 1.82) is 0 Å². The van der Waals surface area contributed by atoms with Crippen LogP contribution < -0.4 is 5.32 Å². The molecule has 0 radical (unpaired) electrons. The van der Waals surface area contributed by atoms with E-state index in [9.17, 15) is 0 Å². The molecule has 2 atom stereocenters. The van der Waals surface area contributed by atoms with Crippen molar-refractivity contribution in [2.24, 2.45) is 5.92 Å². The van der Waals surface area contributed by atoms with Gasteiger partial charge < -0.3 is 15.2 Å². The van der Waals surface area contributed by atoms with E-state index in [-0.39, 0.29) is 6.61 Å². The fourth-order valence-electron chi connectivity index (χ4n) is 2.02. The second-order valence-corrected chi connectivity index (χ2v) is 4.48. The second-order valence-electron chi connectivity index (χ2n) is 4.48. The Morgan fingerprint density at radius 3 is 2.25 bits per heavy atom. The maximum Gasteiger partial charge on any atom is 0.0477 e. The van der Waals surface area contributed by atoms with Crippen molar-refractivity contribution in [3.05, 3.63) is 11.1 Å². The molecular weight excluding hydrogens is 202 g/mol. The number of aliphatic hydroxyl groups is 1. The highest BCUT2D eigenvalue weighted by molar-refractivity contribution is 5.13. The topological polar surface area (TPSA) is 41.5 Å². The normalized spacial score (nSPS) is 14.6. The van der Waals surface area contributed by atoms with Crippen LogP contribution in [-0.4, -0.2) is 38.5 Å². The summed E-state index contributed by atoms with van der Waals surface area (Å²) in [5, 5.41) is 12.5. The number of ether oxygens (including phenoxy) is 1. The van der Waals surface area contributed by atoms with Gasteiger partial charge in [0.15, 0.2) is 0 Å². The summed E-state index contributed by atoms with van der Waals surface area (Å²) in [6, 6.07) is 0.377. The molecule has 0 aromatic rings. The third kappa shape index (κ3) is 5.10. The van der Waals surface area contributed by atoms with Crippen LogP contribution in [0.15, 0.2) is 11.1 Å². The molecular formula is C13H27NO2. The quantitative estimate of drug-likeness (QED) is 0.625. The largest absolute Gasteiger partial charge is 0.396 e. The van der Waals surface area contributed by atoms with Crippen LogP contribution in [0, 0.1) is 5.92 Å². The van der Waals surface area contributed by atoms with Crippen LogP contribution in [0.3, 0.4) is 0 Å². The highest BCUT2D eigenvalue weighted by atomic mass is 16.5. The van der Waals surface area contributed by atoms with E-state index in [2.05, 4.69) is 26.1 Å². The molecule has 2 N–H and O–H groups in total. The molecule has 0 bridgehead atoms. The minimum Gasteiger partial charge on any atom is -0.396 e. The van der Waals surface area contributed by atoms with Crippen LogP contribution in [-0.2, 0) is 4.74 Å². The van der Waals surface area contributed by atoms with Gasteiger partial charge in [-0.3, -0.25) is 0 Å². The summed E-state index contributed by atoms with van der Waals surface area (Å²) in [6.07, 6.45) is 1.79. The zero-order chi connectivity index (χ0) is 12.6. The summed E-state index contributed by atoms with van der Waals surface area (Å²) in [5.41, 5.74) is 2.72. The van der Waals surface area contributed by atoms with E-state index in [4.69, 9.17) is 9.84 Å². The Balaban J connectivity index is 4.65. The molecule has 0 amide bonds. The summed E-state index contributed by atoms with van der Waals surface area (Å²) in [4.78, 5) is 0. The first-order chi connectivity index (χ1) is 7.58. The molecule has 16 heavy (non-hydrogen) atoms. The molecule has 0 aliphatic rings. The van der Waals surface area contributed by atoms with E-state index in [1.54, 1.807) is 7.11 Å². The zero-order valence-corrected chi connectivity index (χ0v) is 11.3. The van der Waals surface area contributed by atoms with Crippen molar-refractivity contribution in [1.82, 2.24) is 5.32 Å². The van der Waals surface area contributed by atoms with Gasteiger partial charge in [-0.15, -0.1) is 0 Å². The SMILES string of the molecule is CNC(CCOC)C(CCO)C(C)=C(C)C. The van der Waals surface area contributed by atoms with Crippen LogP contribution in [0.5, 0.6) is 0 Å². The number of allylic oxidation sites excluding steroid dienone is 1. The monoisotopic (exact) mass is 229 g/mol. The molecule has 0 rings (SSSR count). The molecule has 0 fully saturated rings. The summed E-state index contributed by atoms with van der Waals surface area (Å²) in [6.45, 7) is 7.40. The predicted molar refractivity (Wildman–Crippen MR) is 68.6 cm³/mol. The minimum absolute atomic E-state index is 0.237. The van der Waals surface area contributed by atoms with Gasteiger partial charge in [-0.2, -0.15) is 0 Å². The maximum atomic E-state index is 9.16. The van der Waals surface area contributed by atoms with E-state index in [1.165, 1.54) is 11.1 Å². The second kappa shape index (κ2) is 8.74. The van der Waals surface area contributed by atoms with E-state index in [0.29, 0.717) is 12.0 Å². The van der Waals surface area contributed by atoms with Crippen LogP contribution >= 0.6 is 0 Å². The fourth-order valence-corrected chi connectivity index (χ4v) is 2.02. The van der Waals surface area contributed by atoms with Gasteiger partial charge in [0, 0.05) is 26.4 Å². The Labute approximate surface area is 99.9 Å². The van der Waals surface area contributed by atoms with Gasteiger partial charge in [0.2, 0.25) is 0 Å². The third-order valence-corrected chi connectivity index (χ3v) is 3.27. The van der Waals surface area contributed by atoms with Crippen LogP contribution in [0.2, 0.25) is 0 Å². The molecule has 96 valence electrons. The molecule has 0 aromatic heterocycles. The summed E-state index contributed by atoms with van der Waals surface area (Å²) < 4.78 is 5.12. The number of hydrogen-bond acceptors (Lipinski definition) is 3. The average molecular weight is 229 g/mol. The smallest absolute Gasteiger partial charge is 0.0477 e. The Kier molecular flexibility index (Phi) is 8.53. The Hall–Kier alpha value is -0.380. The lowest BCUT2D eigenvalue weighted by atomic mass is 9.85. The number of rotatable bonds is 8. The van der Waals surface area contributed by atoms with Gasteiger partial charge >= 0.3 is 0 Å². The van der Waals surface area contributed by atoms with Gasteiger partial charge in [0.1, 0.15) is 0 Å². The summed E-state index contributed by atoms with van der Waals surface area (Å²) >= 11 is 0. The lowest BCUT2D eigenvalue weighted by Crippen LogP contribution is -2.36. The molecule has 0 saturated carbocycles. The van der Waals surface area contributed by atoms with Gasteiger partial charge in [-0.25, -0.2) is 0 Å². The van der Waals surface area contributed by atoms with E-state index < -0.39 is 0 Å². The molecule has 3 heteroatoms. The summed E-state index contributed by atoms with van der Waals surface area (Å²) in [5.74, 6) is 0.398. The highest BCUT2D eigenvalue weighted by Crippen LogP contribution is 2.23. The van der Waals surface area contributed by atoms with Crippen molar-refractivity contribution in [2.75, 3.05) is 27.4 Å². The average Bonchev–Trinajstić information content (AvgIpc) is 2.27. The van der Waals surface area contributed by atoms with Crippen molar-refractivity contribution in [2.45, 2.75) is 39.7 Å². The molecule has 0 aromatic carbocycles. The Morgan fingerprint density at radius 1 is 1.25 bits per heavy atom. The zero-order valence-electron chi connectivity index (χ0n) is 11.3. The minimum atomic E-state index is 0.237. The number of methoxy groups -OCH3 is 1. The van der Waals surface area contributed by atoms with Gasteiger partial charge in [0.05, 0.1) is 0 Å². The summed E-state index contributed by atoms with van der Waals surface area (Å²) in [7, 11) is 3.70.